The van der Waals surface area contributed by atoms with E-state index in [1.807, 2.05) is 30.3 Å². The number of hydrogen-bond acceptors (Lipinski definition) is 7. The van der Waals surface area contributed by atoms with Gasteiger partial charge in [-0.1, -0.05) is 30.3 Å². The molecule has 0 radical (unpaired) electrons. The highest BCUT2D eigenvalue weighted by molar-refractivity contribution is 7.16. The Balaban J connectivity index is 1.34. The van der Waals surface area contributed by atoms with Crippen LogP contribution in [-0.4, -0.2) is 32.2 Å². The number of carbonyl (C=O) groups excluding carboxylic acids is 1. The van der Waals surface area contributed by atoms with Crippen molar-refractivity contribution in [2.45, 2.75) is 31.4 Å². The Hall–Kier alpha value is -2.58. The Morgan fingerprint density at radius 3 is 2.80 bits per heavy atom. The van der Waals surface area contributed by atoms with Gasteiger partial charge in [0, 0.05) is 18.2 Å². The Kier molecular flexibility index (Phi) is 4.29. The van der Waals surface area contributed by atoms with E-state index in [1.165, 1.54) is 11.3 Å². The Bertz CT molecular complexity index is 871. The second-order valence-electron chi connectivity index (χ2n) is 5.93. The minimum absolute atomic E-state index is 0.0750. The SMILES string of the molecule is O=C(NC1CC(c2nnc(CO)o2)C1)c1ncc(-c2ccccc2)s1. The molecular formula is C17H16N4O3S. The third-order valence-corrected chi connectivity index (χ3v) is 5.24. The summed E-state index contributed by atoms with van der Waals surface area (Å²) in [7, 11) is 0. The zero-order chi connectivity index (χ0) is 17.2. The molecule has 1 aromatic carbocycles. The molecule has 2 heterocycles. The van der Waals surface area contributed by atoms with Gasteiger partial charge in [-0.2, -0.15) is 0 Å². The molecule has 0 aliphatic heterocycles. The van der Waals surface area contributed by atoms with Crippen LogP contribution >= 0.6 is 11.3 Å². The number of amides is 1. The van der Waals surface area contributed by atoms with Gasteiger partial charge in [-0.3, -0.25) is 4.79 Å². The van der Waals surface area contributed by atoms with Crippen molar-refractivity contribution >= 4 is 17.2 Å². The number of aliphatic hydroxyl groups excluding tert-OH is 1. The third-order valence-electron chi connectivity index (χ3n) is 4.20. The molecule has 0 spiro atoms. The summed E-state index contributed by atoms with van der Waals surface area (Å²) >= 11 is 1.38. The first-order valence-electron chi connectivity index (χ1n) is 7.98. The van der Waals surface area contributed by atoms with Gasteiger partial charge in [0.15, 0.2) is 5.01 Å². The Labute approximate surface area is 147 Å². The normalized spacial score (nSPS) is 19.4. The molecule has 1 amide bonds. The summed E-state index contributed by atoms with van der Waals surface area (Å²) < 4.78 is 5.33. The Morgan fingerprint density at radius 2 is 2.08 bits per heavy atom. The molecule has 0 atom stereocenters. The van der Waals surface area contributed by atoms with Gasteiger partial charge < -0.3 is 14.8 Å². The van der Waals surface area contributed by atoms with Crippen LogP contribution in [0.4, 0.5) is 0 Å². The van der Waals surface area contributed by atoms with Crippen molar-refractivity contribution in [3.8, 4) is 10.4 Å². The van der Waals surface area contributed by atoms with Crippen molar-refractivity contribution in [1.29, 1.82) is 0 Å². The maximum absolute atomic E-state index is 12.3. The number of nitrogens with zero attached hydrogens (tertiary/aromatic N) is 3. The zero-order valence-electron chi connectivity index (χ0n) is 13.3. The molecule has 2 N–H and O–H groups in total. The van der Waals surface area contributed by atoms with Gasteiger partial charge in [-0.05, 0) is 18.4 Å². The van der Waals surface area contributed by atoms with E-state index < -0.39 is 0 Å². The fourth-order valence-electron chi connectivity index (χ4n) is 2.79. The van der Waals surface area contributed by atoms with Crippen molar-refractivity contribution in [1.82, 2.24) is 20.5 Å². The predicted octanol–water partition coefficient (Wildman–Crippen LogP) is 2.36. The lowest BCUT2D eigenvalue weighted by Gasteiger charge is -2.33. The van der Waals surface area contributed by atoms with E-state index in [2.05, 4.69) is 20.5 Å². The summed E-state index contributed by atoms with van der Waals surface area (Å²) in [6.07, 6.45) is 3.22. The predicted molar refractivity (Wildman–Crippen MR) is 91.0 cm³/mol. The van der Waals surface area contributed by atoms with E-state index in [4.69, 9.17) is 9.52 Å². The fourth-order valence-corrected chi connectivity index (χ4v) is 3.62. The molecule has 2 aromatic heterocycles. The van der Waals surface area contributed by atoms with Crippen LogP contribution in [0.2, 0.25) is 0 Å². The van der Waals surface area contributed by atoms with Crippen LogP contribution in [-0.2, 0) is 6.61 Å². The summed E-state index contributed by atoms with van der Waals surface area (Å²) in [5.41, 5.74) is 1.05. The zero-order valence-corrected chi connectivity index (χ0v) is 14.1. The van der Waals surface area contributed by atoms with E-state index in [0.717, 1.165) is 23.3 Å². The lowest BCUT2D eigenvalue weighted by atomic mass is 9.80. The number of benzene rings is 1. The number of carbonyl (C=O) groups is 1. The maximum Gasteiger partial charge on any atom is 0.280 e. The van der Waals surface area contributed by atoms with Crippen LogP contribution in [0.15, 0.2) is 40.9 Å². The first kappa shape index (κ1) is 15.9. The summed E-state index contributed by atoms with van der Waals surface area (Å²) in [5.74, 6) is 0.723. The van der Waals surface area contributed by atoms with Crippen LogP contribution in [0.25, 0.3) is 10.4 Å². The standard InChI is InChI=1S/C17H16N4O3S/c22-9-14-20-21-16(24-14)11-6-12(7-11)19-15(23)17-18-8-13(25-17)10-4-2-1-3-5-10/h1-5,8,11-12,22H,6-7,9H2,(H,19,23). The first-order chi connectivity index (χ1) is 12.2. The smallest absolute Gasteiger partial charge is 0.280 e. The van der Waals surface area contributed by atoms with Gasteiger partial charge in [0.25, 0.3) is 5.91 Å². The van der Waals surface area contributed by atoms with E-state index >= 15 is 0 Å². The number of aromatic nitrogens is 3. The van der Waals surface area contributed by atoms with Crippen LogP contribution < -0.4 is 5.32 Å². The van der Waals surface area contributed by atoms with Crippen molar-refractivity contribution in [3.05, 3.63) is 53.3 Å². The van der Waals surface area contributed by atoms with Crippen molar-refractivity contribution in [2.24, 2.45) is 0 Å². The minimum atomic E-state index is -0.256. The van der Waals surface area contributed by atoms with Gasteiger partial charge >= 0.3 is 0 Å². The molecule has 128 valence electrons. The lowest BCUT2D eigenvalue weighted by molar-refractivity contribution is 0.0902. The monoisotopic (exact) mass is 356 g/mol. The summed E-state index contributed by atoms with van der Waals surface area (Å²) in [6.45, 7) is -0.256. The van der Waals surface area contributed by atoms with Crippen LogP contribution in [0, 0.1) is 0 Å². The van der Waals surface area contributed by atoms with Gasteiger partial charge in [0.05, 0.1) is 4.88 Å². The van der Waals surface area contributed by atoms with Crippen molar-refractivity contribution in [2.75, 3.05) is 0 Å². The largest absolute Gasteiger partial charge is 0.422 e. The molecule has 0 saturated heterocycles. The Morgan fingerprint density at radius 1 is 1.28 bits per heavy atom. The number of rotatable bonds is 5. The highest BCUT2D eigenvalue weighted by Gasteiger charge is 2.35. The minimum Gasteiger partial charge on any atom is -0.422 e. The fraction of sp³-hybridized carbons (Fsp3) is 0.294. The molecule has 7 nitrogen and oxygen atoms in total. The second kappa shape index (κ2) is 6.73. The highest BCUT2D eigenvalue weighted by Crippen LogP contribution is 2.36. The third kappa shape index (κ3) is 3.31. The average Bonchev–Trinajstić information content (AvgIpc) is 3.27. The van der Waals surface area contributed by atoms with Gasteiger partial charge in [-0.15, -0.1) is 21.5 Å². The average molecular weight is 356 g/mol. The lowest BCUT2D eigenvalue weighted by Crippen LogP contribution is -2.43. The molecule has 3 aromatic rings. The first-order valence-corrected chi connectivity index (χ1v) is 8.80. The molecule has 1 aliphatic carbocycles. The van der Waals surface area contributed by atoms with Gasteiger partial charge in [0.1, 0.15) is 6.61 Å². The number of thiazole rings is 1. The highest BCUT2D eigenvalue weighted by atomic mass is 32.1. The maximum atomic E-state index is 12.3. The quantitative estimate of drug-likeness (QED) is 0.728. The topological polar surface area (TPSA) is 101 Å². The molecule has 0 bridgehead atoms. The van der Waals surface area contributed by atoms with Gasteiger partial charge in [0.2, 0.25) is 11.8 Å². The van der Waals surface area contributed by atoms with Crippen LogP contribution in [0.1, 0.15) is 40.3 Å². The molecule has 1 aliphatic rings. The number of hydrogen-bond donors (Lipinski definition) is 2. The summed E-state index contributed by atoms with van der Waals surface area (Å²) in [6, 6.07) is 9.95. The van der Waals surface area contributed by atoms with E-state index in [-0.39, 0.29) is 30.4 Å². The molecule has 1 fully saturated rings. The molecule has 4 rings (SSSR count). The molecule has 8 heteroatoms. The van der Waals surface area contributed by atoms with Crippen molar-refractivity contribution in [3.63, 3.8) is 0 Å². The van der Waals surface area contributed by atoms with Crippen molar-refractivity contribution < 1.29 is 14.3 Å². The number of nitrogens with one attached hydrogen (secondary N) is 1. The van der Waals surface area contributed by atoms with Crippen LogP contribution in [0.3, 0.4) is 0 Å². The second-order valence-corrected chi connectivity index (χ2v) is 6.96. The van der Waals surface area contributed by atoms with Gasteiger partial charge in [-0.25, -0.2) is 4.98 Å². The molecule has 0 unspecified atom stereocenters. The number of aliphatic hydroxyl groups is 1. The molecule has 1 saturated carbocycles. The van der Waals surface area contributed by atoms with E-state index in [9.17, 15) is 4.79 Å². The molecular weight excluding hydrogens is 340 g/mol. The van der Waals surface area contributed by atoms with E-state index in [0.29, 0.717) is 10.9 Å². The summed E-state index contributed by atoms with van der Waals surface area (Å²) in [5, 5.41) is 20.1. The molecule has 25 heavy (non-hydrogen) atoms. The van der Waals surface area contributed by atoms with E-state index in [1.54, 1.807) is 6.20 Å². The summed E-state index contributed by atoms with van der Waals surface area (Å²) in [4.78, 5) is 17.5. The van der Waals surface area contributed by atoms with Crippen LogP contribution in [0.5, 0.6) is 0 Å².